The van der Waals surface area contributed by atoms with Crippen molar-refractivity contribution in [3.05, 3.63) is 59.7 Å². The van der Waals surface area contributed by atoms with Crippen molar-refractivity contribution in [3.8, 4) is 11.1 Å². The van der Waals surface area contributed by atoms with Crippen LogP contribution in [0, 0.1) is 0 Å². The minimum Gasteiger partial charge on any atom is -0.314 e. The molecule has 1 aliphatic heterocycles. The van der Waals surface area contributed by atoms with Crippen LogP contribution in [0.1, 0.15) is 43.4 Å². The maximum Gasteiger partial charge on any atom is 0.416 e. The fourth-order valence-corrected chi connectivity index (χ4v) is 3.70. The van der Waals surface area contributed by atoms with Crippen molar-refractivity contribution in [2.24, 2.45) is 0 Å². The van der Waals surface area contributed by atoms with Gasteiger partial charge in [-0.1, -0.05) is 56.2 Å². The summed E-state index contributed by atoms with van der Waals surface area (Å²) in [5.74, 6) is 0. The van der Waals surface area contributed by atoms with Crippen LogP contribution in [0.25, 0.3) is 11.1 Å². The van der Waals surface area contributed by atoms with E-state index in [9.17, 15) is 13.2 Å². The number of rotatable bonds is 6. The number of alkyl halides is 3. The number of nitrogens with zero attached hydrogens (tertiary/aromatic N) is 1. The third kappa shape index (κ3) is 5.11. The third-order valence-corrected chi connectivity index (χ3v) is 5.26. The van der Waals surface area contributed by atoms with E-state index in [-0.39, 0.29) is 0 Å². The molecule has 2 aromatic rings. The molecule has 1 fully saturated rings. The topological polar surface area (TPSA) is 15.3 Å². The Kier molecular flexibility index (Phi) is 6.55. The van der Waals surface area contributed by atoms with E-state index >= 15 is 0 Å². The summed E-state index contributed by atoms with van der Waals surface area (Å²) in [6.45, 7) is 6.35. The lowest BCUT2D eigenvalue weighted by molar-refractivity contribution is -0.137. The molecule has 3 rings (SSSR count). The normalized spacial score (nSPS) is 17.0. The van der Waals surface area contributed by atoms with Crippen LogP contribution >= 0.6 is 0 Å². The van der Waals surface area contributed by atoms with Crippen molar-refractivity contribution in [3.63, 3.8) is 0 Å². The largest absolute Gasteiger partial charge is 0.416 e. The Morgan fingerprint density at radius 3 is 2.00 bits per heavy atom. The molecule has 0 unspecified atom stereocenters. The maximum atomic E-state index is 12.7. The molecule has 2 nitrogen and oxygen atoms in total. The lowest BCUT2D eigenvalue weighted by Gasteiger charge is -2.35. The van der Waals surface area contributed by atoms with Gasteiger partial charge in [-0.3, -0.25) is 4.90 Å². The average molecular weight is 376 g/mol. The van der Waals surface area contributed by atoms with Crippen LogP contribution in [-0.4, -0.2) is 31.1 Å². The average Bonchev–Trinajstić information content (AvgIpc) is 2.69. The first kappa shape index (κ1) is 19.9. The number of hydrogen-bond donors (Lipinski definition) is 1. The molecule has 0 saturated carbocycles. The van der Waals surface area contributed by atoms with Gasteiger partial charge in [0, 0.05) is 32.2 Å². The van der Waals surface area contributed by atoms with Crippen LogP contribution < -0.4 is 5.32 Å². The zero-order chi connectivity index (χ0) is 19.3. The molecule has 1 atom stereocenters. The molecule has 1 saturated heterocycles. The van der Waals surface area contributed by atoms with Crippen molar-refractivity contribution < 1.29 is 13.2 Å². The van der Waals surface area contributed by atoms with Gasteiger partial charge in [-0.25, -0.2) is 0 Å². The zero-order valence-corrected chi connectivity index (χ0v) is 15.7. The number of hydrogen-bond acceptors (Lipinski definition) is 2. The van der Waals surface area contributed by atoms with E-state index < -0.39 is 11.7 Å². The van der Waals surface area contributed by atoms with E-state index in [4.69, 9.17) is 0 Å². The standard InChI is InChI=1S/C22H27F3N2/c1-2-3-4-21(27-15-13-26-14-16-27)19-7-5-17(6-8-19)18-9-11-20(12-10-18)22(23,24)25/h5-12,21,26H,2-4,13-16H2,1H3/t21-/m0/s1. The monoisotopic (exact) mass is 376 g/mol. The van der Waals surface area contributed by atoms with Gasteiger partial charge in [-0.15, -0.1) is 0 Å². The second-order valence-corrected chi connectivity index (χ2v) is 7.14. The summed E-state index contributed by atoms with van der Waals surface area (Å²) in [6.07, 6.45) is -0.796. The molecule has 27 heavy (non-hydrogen) atoms. The first-order chi connectivity index (χ1) is 13.0. The number of benzene rings is 2. The Balaban J connectivity index is 1.77. The Labute approximate surface area is 159 Å². The van der Waals surface area contributed by atoms with Crippen molar-refractivity contribution >= 4 is 0 Å². The predicted molar refractivity (Wildman–Crippen MR) is 104 cm³/mol. The molecule has 0 radical (unpaired) electrons. The summed E-state index contributed by atoms with van der Waals surface area (Å²) in [5.41, 5.74) is 2.44. The highest BCUT2D eigenvalue weighted by atomic mass is 19.4. The molecular weight excluding hydrogens is 349 g/mol. The van der Waals surface area contributed by atoms with E-state index in [1.54, 1.807) is 12.1 Å². The summed E-state index contributed by atoms with van der Waals surface area (Å²) in [7, 11) is 0. The third-order valence-electron chi connectivity index (χ3n) is 5.26. The Hall–Kier alpha value is -1.85. The van der Waals surface area contributed by atoms with Crippen LogP contribution in [-0.2, 0) is 6.18 Å². The van der Waals surface area contributed by atoms with Gasteiger partial charge in [-0.05, 0) is 35.2 Å². The number of halogens is 3. The minimum atomic E-state index is -4.29. The highest BCUT2D eigenvalue weighted by Crippen LogP contribution is 2.32. The van der Waals surface area contributed by atoms with E-state index in [0.717, 1.165) is 55.9 Å². The van der Waals surface area contributed by atoms with Gasteiger partial charge in [0.1, 0.15) is 0 Å². The maximum absolute atomic E-state index is 12.7. The highest BCUT2D eigenvalue weighted by molar-refractivity contribution is 5.64. The van der Waals surface area contributed by atoms with Gasteiger partial charge in [-0.2, -0.15) is 13.2 Å². The van der Waals surface area contributed by atoms with Crippen molar-refractivity contribution in [2.45, 2.75) is 38.4 Å². The van der Waals surface area contributed by atoms with E-state index in [2.05, 4.69) is 29.3 Å². The zero-order valence-electron chi connectivity index (χ0n) is 15.7. The second kappa shape index (κ2) is 8.89. The molecule has 5 heteroatoms. The molecule has 2 aromatic carbocycles. The van der Waals surface area contributed by atoms with E-state index in [1.165, 1.54) is 18.4 Å². The molecule has 0 bridgehead atoms. The van der Waals surface area contributed by atoms with Gasteiger partial charge in [0.2, 0.25) is 0 Å². The SMILES string of the molecule is CCCC[C@@H](c1ccc(-c2ccc(C(F)(F)F)cc2)cc1)N1CCNCC1. The molecule has 1 aliphatic rings. The highest BCUT2D eigenvalue weighted by Gasteiger charge is 2.30. The summed E-state index contributed by atoms with van der Waals surface area (Å²) in [6, 6.07) is 14.1. The van der Waals surface area contributed by atoms with Gasteiger partial charge in [0.05, 0.1) is 5.56 Å². The van der Waals surface area contributed by atoms with E-state index in [1.807, 2.05) is 12.1 Å². The number of nitrogens with one attached hydrogen (secondary N) is 1. The van der Waals surface area contributed by atoms with Gasteiger partial charge >= 0.3 is 6.18 Å². The second-order valence-electron chi connectivity index (χ2n) is 7.14. The minimum absolute atomic E-state index is 0.411. The van der Waals surface area contributed by atoms with Crippen LogP contribution in [0.5, 0.6) is 0 Å². The quantitative estimate of drug-likeness (QED) is 0.715. The molecule has 0 aromatic heterocycles. The van der Waals surface area contributed by atoms with Crippen molar-refractivity contribution in [1.29, 1.82) is 0 Å². The first-order valence-corrected chi connectivity index (χ1v) is 9.71. The number of unbranched alkanes of at least 4 members (excludes halogenated alkanes) is 1. The van der Waals surface area contributed by atoms with Crippen LogP contribution in [0.15, 0.2) is 48.5 Å². The Bertz CT molecular complexity index is 702. The lowest BCUT2D eigenvalue weighted by atomic mass is 9.96. The van der Waals surface area contributed by atoms with Crippen LogP contribution in [0.2, 0.25) is 0 Å². The van der Waals surface area contributed by atoms with Gasteiger partial charge < -0.3 is 5.32 Å². The molecule has 146 valence electrons. The van der Waals surface area contributed by atoms with E-state index in [0.29, 0.717) is 6.04 Å². The summed E-state index contributed by atoms with van der Waals surface area (Å²) >= 11 is 0. The Morgan fingerprint density at radius 1 is 0.926 bits per heavy atom. The van der Waals surface area contributed by atoms with Crippen LogP contribution in [0.3, 0.4) is 0 Å². The smallest absolute Gasteiger partial charge is 0.314 e. The first-order valence-electron chi connectivity index (χ1n) is 9.71. The Morgan fingerprint density at radius 2 is 1.48 bits per heavy atom. The fourth-order valence-electron chi connectivity index (χ4n) is 3.70. The number of piperazine rings is 1. The molecule has 1 heterocycles. The van der Waals surface area contributed by atoms with Crippen molar-refractivity contribution in [2.75, 3.05) is 26.2 Å². The fraction of sp³-hybridized carbons (Fsp3) is 0.455. The molecule has 0 aliphatic carbocycles. The molecule has 0 spiro atoms. The molecular formula is C22H27F3N2. The summed E-state index contributed by atoms with van der Waals surface area (Å²) in [5, 5.41) is 3.40. The van der Waals surface area contributed by atoms with Gasteiger partial charge in [0.15, 0.2) is 0 Å². The molecule has 0 amide bonds. The summed E-state index contributed by atoms with van der Waals surface area (Å²) in [4.78, 5) is 2.54. The van der Waals surface area contributed by atoms with Crippen LogP contribution in [0.4, 0.5) is 13.2 Å². The van der Waals surface area contributed by atoms with Gasteiger partial charge in [0.25, 0.3) is 0 Å². The lowest BCUT2D eigenvalue weighted by Crippen LogP contribution is -2.45. The predicted octanol–water partition coefficient (Wildman–Crippen LogP) is 5.51. The van der Waals surface area contributed by atoms with Crippen molar-refractivity contribution in [1.82, 2.24) is 10.2 Å². The molecule has 1 N–H and O–H groups in total. The summed E-state index contributed by atoms with van der Waals surface area (Å²) < 4.78 is 38.2.